The minimum Gasteiger partial charge on any atom is -0.368 e. The van der Waals surface area contributed by atoms with Gasteiger partial charge in [-0.25, -0.2) is 0 Å². The Bertz CT molecular complexity index is 659. The number of benzene rings is 1. The van der Waals surface area contributed by atoms with Gasteiger partial charge in [-0.05, 0) is 24.5 Å². The first kappa shape index (κ1) is 15.7. The van der Waals surface area contributed by atoms with Crippen LogP contribution in [0.3, 0.4) is 0 Å². The van der Waals surface area contributed by atoms with Crippen LogP contribution in [0.15, 0.2) is 28.6 Å². The van der Waals surface area contributed by atoms with Crippen molar-refractivity contribution in [3.05, 3.63) is 34.9 Å². The molecular weight excluding hydrogens is 342 g/mol. The monoisotopic (exact) mass is 355 g/mol. The van der Waals surface area contributed by atoms with E-state index in [1.165, 1.54) is 11.3 Å². The molecule has 1 unspecified atom stereocenters. The number of carbonyl (C=O) groups excluding carboxylic acids is 1. The maximum Gasteiger partial charge on any atom is 0.255 e. The zero-order valence-electron chi connectivity index (χ0n) is 11.6. The lowest BCUT2D eigenvalue weighted by molar-refractivity contribution is -0.124. The summed E-state index contributed by atoms with van der Waals surface area (Å²) in [6.07, 6.45) is 1.33. The van der Waals surface area contributed by atoms with Crippen molar-refractivity contribution in [2.75, 3.05) is 11.9 Å². The highest BCUT2D eigenvalue weighted by Gasteiger charge is 2.24. The van der Waals surface area contributed by atoms with Gasteiger partial charge in [-0.2, -0.15) is 0 Å². The number of amides is 1. The fraction of sp³-hybridized carbons (Fsp3) is 0.357. The van der Waals surface area contributed by atoms with E-state index in [1.54, 1.807) is 11.8 Å². The van der Waals surface area contributed by atoms with E-state index >= 15 is 0 Å². The smallest absolute Gasteiger partial charge is 0.255 e. The molecule has 1 aromatic carbocycles. The van der Waals surface area contributed by atoms with Gasteiger partial charge in [0.25, 0.3) is 5.91 Å². The molecule has 0 bridgehead atoms. The normalized spacial score (nSPS) is 17.6. The first-order valence-electron chi connectivity index (χ1n) is 6.84. The van der Waals surface area contributed by atoms with Gasteiger partial charge in [-0.15, -0.1) is 10.2 Å². The maximum absolute atomic E-state index is 11.9. The molecule has 3 rings (SSSR count). The summed E-state index contributed by atoms with van der Waals surface area (Å²) in [6, 6.07) is 7.70. The Balaban J connectivity index is 1.55. The number of rotatable bonds is 5. The number of anilines is 1. The highest BCUT2D eigenvalue weighted by molar-refractivity contribution is 8.00. The molecule has 0 radical (unpaired) electrons. The van der Waals surface area contributed by atoms with Crippen LogP contribution in [0.2, 0.25) is 5.02 Å². The molecule has 22 heavy (non-hydrogen) atoms. The predicted octanol–water partition coefficient (Wildman–Crippen LogP) is 3.60. The van der Waals surface area contributed by atoms with E-state index in [0.29, 0.717) is 17.5 Å². The number of hydrogen-bond donors (Lipinski definition) is 1. The van der Waals surface area contributed by atoms with Gasteiger partial charge in [0.2, 0.25) is 5.13 Å². The summed E-state index contributed by atoms with van der Waals surface area (Å²) in [7, 11) is 0. The molecule has 2 aromatic rings. The van der Waals surface area contributed by atoms with E-state index in [2.05, 4.69) is 15.5 Å². The van der Waals surface area contributed by atoms with Gasteiger partial charge >= 0.3 is 0 Å². The molecule has 1 aliphatic rings. The lowest BCUT2D eigenvalue weighted by Crippen LogP contribution is -2.26. The molecule has 1 N–H and O–H groups in total. The molecule has 1 aromatic heterocycles. The van der Waals surface area contributed by atoms with Gasteiger partial charge in [0.05, 0.1) is 0 Å². The molecule has 1 fully saturated rings. The first-order valence-corrected chi connectivity index (χ1v) is 9.02. The molecule has 0 saturated carbocycles. The molecule has 1 saturated heterocycles. The number of thioether (sulfide) groups is 1. The Labute approximate surface area is 141 Å². The lowest BCUT2D eigenvalue weighted by atomic mass is 10.2. The van der Waals surface area contributed by atoms with Crippen molar-refractivity contribution in [1.29, 1.82) is 0 Å². The second-order valence-corrected chi connectivity index (χ2v) is 7.35. The Morgan fingerprint density at radius 1 is 1.45 bits per heavy atom. The van der Waals surface area contributed by atoms with Crippen molar-refractivity contribution in [3.63, 3.8) is 0 Å². The van der Waals surface area contributed by atoms with Crippen LogP contribution >= 0.6 is 34.7 Å². The molecule has 1 aliphatic heterocycles. The Kier molecular flexibility index (Phi) is 5.30. The Morgan fingerprint density at radius 2 is 2.32 bits per heavy atom. The molecule has 8 heteroatoms. The zero-order chi connectivity index (χ0) is 15.4. The molecule has 5 nitrogen and oxygen atoms in total. The third kappa shape index (κ3) is 3.98. The van der Waals surface area contributed by atoms with Gasteiger partial charge in [0.15, 0.2) is 4.34 Å². The second kappa shape index (κ2) is 7.41. The fourth-order valence-corrected chi connectivity index (χ4v) is 4.08. The molecule has 2 heterocycles. The van der Waals surface area contributed by atoms with E-state index in [4.69, 9.17) is 16.3 Å². The van der Waals surface area contributed by atoms with Crippen LogP contribution in [-0.2, 0) is 15.3 Å². The Morgan fingerprint density at radius 3 is 3.09 bits per heavy atom. The molecule has 1 amide bonds. The van der Waals surface area contributed by atoms with Crippen LogP contribution in [0.1, 0.15) is 18.4 Å². The van der Waals surface area contributed by atoms with Crippen LogP contribution in [0.25, 0.3) is 0 Å². The minimum atomic E-state index is -0.358. The summed E-state index contributed by atoms with van der Waals surface area (Å²) >= 11 is 9.02. The average Bonchev–Trinajstić information content (AvgIpc) is 3.18. The minimum absolute atomic E-state index is 0.142. The van der Waals surface area contributed by atoms with Gasteiger partial charge in [0.1, 0.15) is 6.10 Å². The third-order valence-corrected chi connectivity index (χ3v) is 5.56. The second-order valence-electron chi connectivity index (χ2n) is 4.74. The number of halogens is 1. The quantitative estimate of drug-likeness (QED) is 0.655. The number of nitrogens with one attached hydrogen (secondary N) is 1. The van der Waals surface area contributed by atoms with Crippen molar-refractivity contribution < 1.29 is 9.53 Å². The molecule has 0 spiro atoms. The van der Waals surface area contributed by atoms with Crippen LogP contribution in [-0.4, -0.2) is 28.8 Å². The summed E-state index contributed by atoms with van der Waals surface area (Å²) in [5.74, 6) is 0.574. The van der Waals surface area contributed by atoms with E-state index in [1.807, 2.05) is 24.3 Å². The van der Waals surface area contributed by atoms with E-state index in [9.17, 15) is 4.79 Å². The maximum atomic E-state index is 11.9. The lowest BCUT2D eigenvalue weighted by Gasteiger charge is -2.06. The SMILES string of the molecule is O=C(Nc1nnc(SCc2ccccc2Cl)s1)C1CCCO1. The number of ether oxygens (including phenoxy) is 1. The summed E-state index contributed by atoms with van der Waals surface area (Å²) in [6.45, 7) is 0.646. The summed E-state index contributed by atoms with van der Waals surface area (Å²) in [5, 5.41) is 12.1. The van der Waals surface area contributed by atoms with E-state index in [-0.39, 0.29) is 12.0 Å². The number of carbonyl (C=O) groups is 1. The van der Waals surface area contributed by atoms with Gasteiger partial charge in [-0.1, -0.05) is 52.9 Å². The molecule has 0 aliphatic carbocycles. The van der Waals surface area contributed by atoms with Crippen molar-refractivity contribution in [3.8, 4) is 0 Å². The van der Waals surface area contributed by atoms with Crippen LogP contribution in [0, 0.1) is 0 Å². The highest BCUT2D eigenvalue weighted by atomic mass is 35.5. The predicted molar refractivity (Wildman–Crippen MR) is 88.5 cm³/mol. The van der Waals surface area contributed by atoms with E-state index < -0.39 is 0 Å². The molecule has 116 valence electrons. The van der Waals surface area contributed by atoms with Crippen LogP contribution in [0.4, 0.5) is 5.13 Å². The number of hydrogen-bond acceptors (Lipinski definition) is 6. The van der Waals surface area contributed by atoms with Crippen LogP contribution in [0.5, 0.6) is 0 Å². The summed E-state index contributed by atoms with van der Waals surface area (Å²) < 4.78 is 6.13. The first-order chi connectivity index (χ1) is 10.7. The van der Waals surface area contributed by atoms with Crippen molar-refractivity contribution in [1.82, 2.24) is 10.2 Å². The number of nitrogens with zero attached hydrogens (tertiary/aromatic N) is 2. The van der Waals surface area contributed by atoms with Crippen LogP contribution < -0.4 is 5.32 Å². The average molecular weight is 356 g/mol. The van der Waals surface area contributed by atoms with Crippen molar-refractivity contribution in [2.24, 2.45) is 0 Å². The van der Waals surface area contributed by atoms with Gasteiger partial charge < -0.3 is 4.74 Å². The van der Waals surface area contributed by atoms with Gasteiger partial charge in [-0.3, -0.25) is 10.1 Å². The highest BCUT2D eigenvalue weighted by Crippen LogP contribution is 2.30. The van der Waals surface area contributed by atoms with Crippen molar-refractivity contribution in [2.45, 2.75) is 29.0 Å². The zero-order valence-corrected chi connectivity index (χ0v) is 14.0. The molecular formula is C14H14ClN3O2S2. The topological polar surface area (TPSA) is 64.1 Å². The largest absolute Gasteiger partial charge is 0.368 e. The standard InChI is InChI=1S/C14H14ClN3O2S2/c15-10-5-2-1-4-9(10)8-21-14-18-17-13(22-14)16-12(19)11-6-3-7-20-11/h1-2,4-5,11H,3,6-8H2,(H,16,17,19). The number of aromatic nitrogens is 2. The van der Waals surface area contributed by atoms with Gasteiger partial charge in [0, 0.05) is 17.4 Å². The van der Waals surface area contributed by atoms with Crippen molar-refractivity contribution >= 4 is 45.7 Å². The fourth-order valence-electron chi connectivity index (χ4n) is 2.04. The summed E-state index contributed by atoms with van der Waals surface area (Å²) in [4.78, 5) is 11.9. The third-order valence-electron chi connectivity index (χ3n) is 3.17. The summed E-state index contributed by atoms with van der Waals surface area (Å²) in [5.41, 5.74) is 1.05. The molecule has 1 atom stereocenters. The Hall–Kier alpha value is -1.15. The van der Waals surface area contributed by atoms with E-state index in [0.717, 1.165) is 27.8 Å².